The summed E-state index contributed by atoms with van der Waals surface area (Å²) < 4.78 is 0. The average molecular weight is 296 g/mol. The lowest BCUT2D eigenvalue weighted by molar-refractivity contribution is 1.05. The maximum atomic E-state index is 4.60. The van der Waals surface area contributed by atoms with Crippen molar-refractivity contribution in [2.75, 3.05) is 5.32 Å². The third-order valence-electron chi connectivity index (χ3n) is 3.26. The van der Waals surface area contributed by atoms with Crippen molar-refractivity contribution in [3.8, 4) is 10.7 Å². The Bertz CT molecular complexity index is 737. The van der Waals surface area contributed by atoms with Gasteiger partial charge in [-0.15, -0.1) is 11.3 Å². The van der Waals surface area contributed by atoms with Gasteiger partial charge in [-0.2, -0.15) is 0 Å². The summed E-state index contributed by atoms with van der Waals surface area (Å²) in [4.78, 5) is 13.3. The average Bonchev–Trinajstić information content (AvgIpc) is 2.98. The van der Waals surface area contributed by atoms with Gasteiger partial charge in [0.15, 0.2) is 0 Å². The van der Waals surface area contributed by atoms with E-state index in [1.807, 2.05) is 24.4 Å². The Morgan fingerprint density at radius 2 is 2.05 bits per heavy atom. The molecule has 0 bridgehead atoms. The minimum Gasteiger partial charge on any atom is -0.364 e. The van der Waals surface area contributed by atoms with Gasteiger partial charge in [0.1, 0.15) is 10.8 Å². The fourth-order valence-electron chi connectivity index (χ4n) is 1.90. The molecule has 0 atom stereocenters. The lowest BCUT2D eigenvalue weighted by atomic mass is 10.2. The molecular formula is C16H16N4S. The third-order valence-corrected chi connectivity index (χ3v) is 4.17. The number of hydrogen-bond donors (Lipinski definition) is 1. The number of aromatic nitrogens is 3. The molecule has 0 saturated carbocycles. The second kappa shape index (κ2) is 6.01. The molecule has 0 unspecified atom stereocenters. The van der Waals surface area contributed by atoms with Gasteiger partial charge in [0.25, 0.3) is 0 Å². The maximum Gasteiger partial charge on any atom is 0.142 e. The van der Waals surface area contributed by atoms with Gasteiger partial charge < -0.3 is 5.32 Å². The molecule has 0 saturated heterocycles. The molecule has 0 fully saturated rings. The van der Waals surface area contributed by atoms with E-state index >= 15 is 0 Å². The van der Waals surface area contributed by atoms with Crippen molar-refractivity contribution in [1.29, 1.82) is 0 Å². The number of rotatable bonds is 4. The van der Waals surface area contributed by atoms with Gasteiger partial charge in [-0.25, -0.2) is 9.97 Å². The van der Waals surface area contributed by atoms with E-state index in [4.69, 9.17) is 0 Å². The number of anilines is 1. The zero-order valence-corrected chi connectivity index (χ0v) is 12.8. The van der Waals surface area contributed by atoms with Crippen LogP contribution in [-0.2, 0) is 6.54 Å². The van der Waals surface area contributed by atoms with Crippen LogP contribution in [0, 0.1) is 13.8 Å². The molecule has 3 rings (SSSR count). The second-order valence-electron chi connectivity index (χ2n) is 4.87. The van der Waals surface area contributed by atoms with Crippen LogP contribution in [0.3, 0.4) is 0 Å². The van der Waals surface area contributed by atoms with E-state index in [9.17, 15) is 0 Å². The van der Waals surface area contributed by atoms with Crippen molar-refractivity contribution in [3.63, 3.8) is 0 Å². The molecule has 0 aliphatic carbocycles. The Balaban J connectivity index is 1.69. The SMILES string of the molecule is Cc1cnc(NCc2csc(-c3ccccn3)n2)cc1C. The number of nitrogens with zero attached hydrogens (tertiary/aromatic N) is 3. The monoisotopic (exact) mass is 296 g/mol. The van der Waals surface area contributed by atoms with Gasteiger partial charge in [0.05, 0.1) is 17.9 Å². The highest BCUT2D eigenvalue weighted by Crippen LogP contribution is 2.21. The first-order chi connectivity index (χ1) is 10.2. The van der Waals surface area contributed by atoms with E-state index < -0.39 is 0 Å². The summed E-state index contributed by atoms with van der Waals surface area (Å²) in [5.74, 6) is 0.880. The first-order valence-corrected chi connectivity index (χ1v) is 7.63. The number of nitrogens with one attached hydrogen (secondary N) is 1. The standard InChI is InChI=1S/C16H16N4S/c1-11-7-15(18-8-12(11)2)19-9-13-10-21-16(20-13)14-5-3-4-6-17-14/h3-8,10H,9H2,1-2H3,(H,18,19). The Morgan fingerprint density at radius 1 is 1.14 bits per heavy atom. The second-order valence-corrected chi connectivity index (χ2v) is 5.72. The molecule has 5 heteroatoms. The van der Waals surface area contributed by atoms with E-state index in [0.29, 0.717) is 6.54 Å². The van der Waals surface area contributed by atoms with E-state index in [-0.39, 0.29) is 0 Å². The molecule has 21 heavy (non-hydrogen) atoms. The Hall–Kier alpha value is -2.27. The number of thiazole rings is 1. The molecule has 0 aromatic carbocycles. The smallest absolute Gasteiger partial charge is 0.142 e. The summed E-state index contributed by atoms with van der Waals surface area (Å²) >= 11 is 1.61. The molecule has 0 amide bonds. The number of pyridine rings is 2. The molecule has 3 heterocycles. The van der Waals surface area contributed by atoms with Crippen molar-refractivity contribution in [3.05, 3.63) is 58.9 Å². The Kier molecular flexibility index (Phi) is 3.92. The molecular weight excluding hydrogens is 280 g/mol. The van der Waals surface area contributed by atoms with Crippen molar-refractivity contribution < 1.29 is 0 Å². The molecule has 4 nitrogen and oxygen atoms in total. The topological polar surface area (TPSA) is 50.7 Å². The third kappa shape index (κ3) is 3.25. The van der Waals surface area contributed by atoms with Crippen LogP contribution in [0.15, 0.2) is 42.0 Å². The Morgan fingerprint density at radius 3 is 2.81 bits per heavy atom. The summed E-state index contributed by atoms with van der Waals surface area (Å²) in [6, 6.07) is 7.91. The highest BCUT2D eigenvalue weighted by atomic mass is 32.1. The van der Waals surface area contributed by atoms with Crippen molar-refractivity contribution >= 4 is 17.2 Å². The fraction of sp³-hybridized carbons (Fsp3) is 0.188. The molecule has 0 spiro atoms. The maximum absolute atomic E-state index is 4.60. The van der Waals surface area contributed by atoms with Crippen molar-refractivity contribution in [2.24, 2.45) is 0 Å². The van der Waals surface area contributed by atoms with Crippen molar-refractivity contribution in [2.45, 2.75) is 20.4 Å². The van der Waals surface area contributed by atoms with Gasteiger partial charge in [-0.3, -0.25) is 4.98 Å². The zero-order chi connectivity index (χ0) is 14.7. The van der Waals surface area contributed by atoms with Crippen LogP contribution in [0.5, 0.6) is 0 Å². The molecule has 1 N–H and O–H groups in total. The van der Waals surface area contributed by atoms with Crippen LogP contribution < -0.4 is 5.32 Å². The summed E-state index contributed by atoms with van der Waals surface area (Å²) in [6.45, 7) is 4.81. The summed E-state index contributed by atoms with van der Waals surface area (Å²) in [7, 11) is 0. The van der Waals surface area contributed by atoms with Crippen LogP contribution in [0.1, 0.15) is 16.8 Å². The predicted octanol–water partition coefficient (Wildman–Crippen LogP) is 3.83. The summed E-state index contributed by atoms with van der Waals surface area (Å²) in [5, 5.41) is 6.30. The van der Waals surface area contributed by atoms with Gasteiger partial charge in [-0.05, 0) is 43.2 Å². The summed E-state index contributed by atoms with van der Waals surface area (Å²) in [5.41, 5.74) is 4.35. The zero-order valence-electron chi connectivity index (χ0n) is 12.0. The van der Waals surface area contributed by atoms with Gasteiger partial charge in [-0.1, -0.05) is 6.07 Å². The first-order valence-electron chi connectivity index (χ1n) is 6.75. The fourth-order valence-corrected chi connectivity index (χ4v) is 2.69. The minimum atomic E-state index is 0.666. The number of aryl methyl sites for hydroxylation is 2. The van der Waals surface area contributed by atoms with Gasteiger partial charge in [0.2, 0.25) is 0 Å². The van der Waals surface area contributed by atoms with E-state index in [2.05, 4.69) is 45.6 Å². The van der Waals surface area contributed by atoms with Crippen LogP contribution in [0.4, 0.5) is 5.82 Å². The number of hydrogen-bond acceptors (Lipinski definition) is 5. The minimum absolute atomic E-state index is 0.666. The van der Waals surface area contributed by atoms with Gasteiger partial charge >= 0.3 is 0 Å². The quantitative estimate of drug-likeness (QED) is 0.795. The Labute approximate surface area is 127 Å². The molecule has 3 aromatic rings. The van der Waals surface area contributed by atoms with Crippen LogP contribution in [0.2, 0.25) is 0 Å². The van der Waals surface area contributed by atoms with Crippen LogP contribution in [0.25, 0.3) is 10.7 Å². The highest BCUT2D eigenvalue weighted by Gasteiger charge is 2.05. The van der Waals surface area contributed by atoms with E-state index in [1.165, 1.54) is 11.1 Å². The normalized spacial score (nSPS) is 10.6. The molecule has 0 aliphatic rings. The molecule has 0 aliphatic heterocycles. The highest BCUT2D eigenvalue weighted by molar-refractivity contribution is 7.13. The first kappa shape index (κ1) is 13.7. The summed E-state index contributed by atoms with van der Waals surface area (Å²) in [6.07, 6.45) is 3.67. The lowest BCUT2D eigenvalue weighted by Gasteiger charge is -2.06. The van der Waals surface area contributed by atoms with Gasteiger partial charge in [0, 0.05) is 17.8 Å². The predicted molar refractivity (Wildman–Crippen MR) is 86.4 cm³/mol. The molecule has 106 valence electrons. The van der Waals surface area contributed by atoms with E-state index in [0.717, 1.165) is 22.2 Å². The van der Waals surface area contributed by atoms with Crippen molar-refractivity contribution in [1.82, 2.24) is 15.0 Å². The molecule has 3 aromatic heterocycles. The lowest BCUT2D eigenvalue weighted by Crippen LogP contribution is -2.02. The molecule has 0 radical (unpaired) electrons. The van der Waals surface area contributed by atoms with E-state index in [1.54, 1.807) is 17.5 Å². The largest absolute Gasteiger partial charge is 0.364 e. The van der Waals surface area contributed by atoms with Crippen LogP contribution in [-0.4, -0.2) is 15.0 Å². The van der Waals surface area contributed by atoms with Crippen LogP contribution >= 0.6 is 11.3 Å².